The zero-order chi connectivity index (χ0) is 15.5. The van der Waals surface area contributed by atoms with Crippen molar-refractivity contribution >= 4 is 5.78 Å². The number of allylic oxidation sites excluding steroid dienone is 2. The van der Waals surface area contributed by atoms with Crippen LogP contribution in [0.15, 0.2) is 36.0 Å². The Morgan fingerprint density at radius 1 is 1.18 bits per heavy atom. The lowest BCUT2D eigenvalue weighted by Gasteiger charge is -2.33. The quantitative estimate of drug-likeness (QED) is 0.827. The van der Waals surface area contributed by atoms with Gasteiger partial charge in [0.2, 0.25) is 0 Å². The maximum absolute atomic E-state index is 13.1. The second-order valence-corrected chi connectivity index (χ2v) is 6.76. The Morgan fingerprint density at radius 3 is 2.64 bits per heavy atom. The Labute approximate surface area is 132 Å². The SMILES string of the molecule is CN(CC1CCCC(c2ccc(F)cc2)C1)C1=CC(=O)CC1. The fourth-order valence-corrected chi connectivity index (χ4v) is 3.88. The summed E-state index contributed by atoms with van der Waals surface area (Å²) in [5, 5.41) is 0. The molecule has 1 saturated carbocycles. The highest BCUT2D eigenvalue weighted by atomic mass is 19.1. The molecule has 3 heteroatoms. The zero-order valence-corrected chi connectivity index (χ0v) is 13.2. The molecule has 2 nitrogen and oxygen atoms in total. The summed E-state index contributed by atoms with van der Waals surface area (Å²) in [5.74, 6) is 1.31. The van der Waals surface area contributed by atoms with E-state index in [1.807, 2.05) is 12.1 Å². The van der Waals surface area contributed by atoms with Gasteiger partial charge in [0.15, 0.2) is 5.78 Å². The first-order chi connectivity index (χ1) is 10.6. The van der Waals surface area contributed by atoms with Crippen LogP contribution in [-0.2, 0) is 4.79 Å². The molecule has 0 spiro atoms. The predicted octanol–water partition coefficient (Wildman–Crippen LogP) is 4.28. The molecule has 0 bridgehead atoms. The van der Waals surface area contributed by atoms with Crippen LogP contribution in [0.1, 0.15) is 50.0 Å². The van der Waals surface area contributed by atoms with E-state index in [1.165, 1.54) is 30.5 Å². The number of carbonyl (C=O) groups is 1. The summed E-state index contributed by atoms with van der Waals surface area (Å²) in [4.78, 5) is 13.6. The Morgan fingerprint density at radius 2 is 1.95 bits per heavy atom. The van der Waals surface area contributed by atoms with Crippen molar-refractivity contribution in [2.45, 2.75) is 44.4 Å². The maximum atomic E-state index is 13.1. The largest absolute Gasteiger partial charge is 0.377 e. The Balaban J connectivity index is 1.59. The lowest BCUT2D eigenvalue weighted by molar-refractivity contribution is -0.114. The number of ketones is 1. The molecular weight excluding hydrogens is 277 g/mol. The molecule has 1 fully saturated rings. The highest BCUT2D eigenvalue weighted by molar-refractivity contribution is 5.92. The molecule has 0 N–H and O–H groups in total. The fraction of sp³-hybridized carbons (Fsp3) is 0.526. The average molecular weight is 301 g/mol. The molecule has 0 heterocycles. The van der Waals surface area contributed by atoms with Gasteiger partial charge < -0.3 is 4.90 Å². The predicted molar refractivity (Wildman–Crippen MR) is 86.1 cm³/mol. The van der Waals surface area contributed by atoms with E-state index >= 15 is 0 Å². The van der Waals surface area contributed by atoms with Crippen molar-refractivity contribution in [3.05, 3.63) is 47.4 Å². The number of carbonyl (C=O) groups excluding carboxylic acids is 1. The molecule has 0 amide bonds. The van der Waals surface area contributed by atoms with Gasteiger partial charge in [0.25, 0.3) is 0 Å². The molecule has 0 aromatic heterocycles. The molecule has 2 aliphatic rings. The van der Waals surface area contributed by atoms with Crippen molar-refractivity contribution in [2.75, 3.05) is 13.6 Å². The maximum Gasteiger partial charge on any atom is 0.157 e. The molecule has 118 valence electrons. The molecule has 0 saturated heterocycles. The third kappa shape index (κ3) is 3.57. The lowest BCUT2D eigenvalue weighted by Crippen LogP contribution is -2.28. The summed E-state index contributed by atoms with van der Waals surface area (Å²) in [6.45, 7) is 1.02. The Kier molecular flexibility index (Phi) is 4.60. The van der Waals surface area contributed by atoms with Crippen LogP contribution in [0, 0.1) is 11.7 Å². The van der Waals surface area contributed by atoms with E-state index < -0.39 is 0 Å². The van der Waals surface area contributed by atoms with Crippen LogP contribution in [0.4, 0.5) is 4.39 Å². The molecule has 2 aliphatic carbocycles. The molecular formula is C19H24FNO. The molecule has 1 aromatic carbocycles. The summed E-state index contributed by atoms with van der Waals surface area (Å²) in [6.07, 6.45) is 8.22. The highest BCUT2D eigenvalue weighted by Crippen LogP contribution is 2.37. The third-order valence-electron chi connectivity index (χ3n) is 5.10. The number of nitrogens with zero attached hydrogens (tertiary/aromatic N) is 1. The zero-order valence-electron chi connectivity index (χ0n) is 13.2. The summed E-state index contributed by atoms with van der Waals surface area (Å²) in [6, 6.07) is 7.01. The third-order valence-corrected chi connectivity index (χ3v) is 5.10. The van der Waals surface area contributed by atoms with Crippen LogP contribution in [0.25, 0.3) is 0 Å². The van der Waals surface area contributed by atoms with Crippen LogP contribution in [-0.4, -0.2) is 24.3 Å². The second kappa shape index (κ2) is 6.64. The molecule has 0 aliphatic heterocycles. The molecule has 2 unspecified atom stereocenters. The Bertz CT molecular complexity index is 563. The molecule has 22 heavy (non-hydrogen) atoms. The summed E-state index contributed by atoms with van der Waals surface area (Å²) >= 11 is 0. The van der Waals surface area contributed by atoms with Gasteiger partial charge in [-0.2, -0.15) is 0 Å². The number of hydrogen-bond acceptors (Lipinski definition) is 2. The number of benzene rings is 1. The topological polar surface area (TPSA) is 20.3 Å². The van der Waals surface area contributed by atoms with E-state index in [9.17, 15) is 9.18 Å². The molecule has 0 radical (unpaired) electrons. The van der Waals surface area contributed by atoms with Crippen LogP contribution >= 0.6 is 0 Å². The van der Waals surface area contributed by atoms with Crippen molar-refractivity contribution in [2.24, 2.45) is 5.92 Å². The summed E-state index contributed by atoms with van der Waals surface area (Å²) in [5.41, 5.74) is 2.46. The first kappa shape index (κ1) is 15.3. The van der Waals surface area contributed by atoms with Crippen molar-refractivity contribution < 1.29 is 9.18 Å². The van der Waals surface area contributed by atoms with E-state index in [0.29, 0.717) is 18.3 Å². The van der Waals surface area contributed by atoms with Gasteiger partial charge in [-0.3, -0.25) is 4.79 Å². The van der Waals surface area contributed by atoms with E-state index in [0.717, 1.165) is 19.4 Å². The number of hydrogen-bond donors (Lipinski definition) is 0. The van der Waals surface area contributed by atoms with Crippen molar-refractivity contribution in [3.63, 3.8) is 0 Å². The van der Waals surface area contributed by atoms with Gasteiger partial charge in [-0.15, -0.1) is 0 Å². The number of rotatable bonds is 4. The summed E-state index contributed by atoms with van der Waals surface area (Å²) < 4.78 is 13.1. The van der Waals surface area contributed by atoms with Gasteiger partial charge in [-0.1, -0.05) is 18.6 Å². The van der Waals surface area contributed by atoms with E-state index in [1.54, 1.807) is 18.2 Å². The summed E-state index contributed by atoms with van der Waals surface area (Å²) in [7, 11) is 2.10. The van der Waals surface area contributed by atoms with Crippen molar-refractivity contribution in [3.8, 4) is 0 Å². The van der Waals surface area contributed by atoms with Crippen LogP contribution < -0.4 is 0 Å². The molecule has 2 atom stereocenters. The van der Waals surface area contributed by atoms with Crippen LogP contribution in [0.2, 0.25) is 0 Å². The Hall–Kier alpha value is -1.64. The number of halogens is 1. The minimum atomic E-state index is -0.159. The van der Waals surface area contributed by atoms with Crippen LogP contribution in [0.3, 0.4) is 0 Å². The normalized spacial score (nSPS) is 25.2. The van der Waals surface area contributed by atoms with E-state index in [4.69, 9.17) is 0 Å². The first-order valence-electron chi connectivity index (χ1n) is 8.32. The van der Waals surface area contributed by atoms with E-state index in [2.05, 4.69) is 11.9 Å². The van der Waals surface area contributed by atoms with Gasteiger partial charge >= 0.3 is 0 Å². The smallest absolute Gasteiger partial charge is 0.157 e. The van der Waals surface area contributed by atoms with Gasteiger partial charge in [-0.05, 0) is 55.2 Å². The highest BCUT2D eigenvalue weighted by Gasteiger charge is 2.25. The van der Waals surface area contributed by atoms with Gasteiger partial charge in [0.1, 0.15) is 5.82 Å². The van der Waals surface area contributed by atoms with Crippen molar-refractivity contribution in [1.82, 2.24) is 4.90 Å². The standard InChI is InChI=1S/C19H24FNO/c1-21(18-9-10-19(22)12-18)13-14-3-2-4-16(11-14)15-5-7-17(20)8-6-15/h5-8,12,14,16H,2-4,9-11,13H2,1H3. The van der Waals surface area contributed by atoms with Crippen LogP contribution in [0.5, 0.6) is 0 Å². The van der Waals surface area contributed by atoms with E-state index in [-0.39, 0.29) is 11.6 Å². The van der Waals surface area contributed by atoms with Gasteiger partial charge in [0.05, 0.1) is 0 Å². The first-order valence-corrected chi connectivity index (χ1v) is 8.32. The molecule has 3 rings (SSSR count). The van der Waals surface area contributed by atoms with Crippen molar-refractivity contribution in [1.29, 1.82) is 0 Å². The lowest BCUT2D eigenvalue weighted by atomic mass is 9.78. The van der Waals surface area contributed by atoms with Gasteiger partial charge in [0, 0.05) is 31.8 Å². The minimum absolute atomic E-state index is 0.159. The monoisotopic (exact) mass is 301 g/mol. The average Bonchev–Trinajstić information content (AvgIpc) is 2.95. The second-order valence-electron chi connectivity index (χ2n) is 6.76. The van der Waals surface area contributed by atoms with Gasteiger partial charge in [-0.25, -0.2) is 4.39 Å². The minimum Gasteiger partial charge on any atom is -0.377 e. The fourth-order valence-electron chi connectivity index (χ4n) is 3.88. The molecule has 1 aromatic rings.